The normalized spacial score (nSPS) is 11.1. The molecule has 0 spiro atoms. The Kier molecular flexibility index (Phi) is 7.43. The number of hydrogen-bond acceptors (Lipinski definition) is 5. The largest absolute Gasteiger partial charge is 0.494 e. The van der Waals surface area contributed by atoms with Gasteiger partial charge in [0.05, 0.1) is 17.2 Å². The molecule has 0 N–H and O–H groups in total. The number of sulfonamides is 1. The van der Waals surface area contributed by atoms with Crippen LogP contribution in [0.2, 0.25) is 10.0 Å². The lowest BCUT2D eigenvalue weighted by Gasteiger charge is -2.23. The Bertz CT molecular complexity index is 1130. The zero-order chi connectivity index (χ0) is 22.4. The molecule has 3 aromatic carbocycles. The zero-order valence-electron chi connectivity index (χ0n) is 16.5. The van der Waals surface area contributed by atoms with E-state index in [-0.39, 0.29) is 10.6 Å². The Labute approximate surface area is 191 Å². The Morgan fingerprint density at radius 3 is 1.84 bits per heavy atom. The maximum atomic E-state index is 13.3. The molecule has 0 fully saturated rings. The van der Waals surface area contributed by atoms with Gasteiger partial charge in [-0.25, -0.2) is 8.42 Å². The highest BCUT2D eigenvalue weighted by atomic mass is 35.5. The zero-order valence-corrected chi connectivity index (χ0v) is 18.8. The van der Waals surface area contributed by atoms with E-state index in [9.17, 15) is 13.2 Å². The Hall–Kier alpha value is -2.74. The van der Waals surface area contributed by atoms with Crippen LogP contribution < -0.4 is 13.8 Å². The number of ether oxygens (including phenoxy) is 2. The van der Waals surface area contributed by atoms with E-state index >= 15 is 0 Å². The van der Waals surface area contributed by atoms with Crippen LogP contribution >= 0.6 is 23.2 Å². The molecule has 9 heteroatoms. The predicted molar refractivity (Wildman–Crippen MR) is 121 cm³/mol. The van der Waals surface area contributed by atoms with Gasteiger partial charge >= 0.3 is 0 Å². The summed E-state index contributed by atoms with van der Waals surface area (Å²) in [7, 11) is -4.22. The van der Waals surface area contributed by atoms with Crippen LogP contribution in [0.3, 0.4) is 0 Å². The fourth-order valence-corrected chi connectivity index (χ4v) is 4.37. The van der Waals surface area contributed by atoms with Crippen LogP contribution in [-0.4, -0.2) is 27.5 Å². The van der Waals surface area contributed by atoms with Crippen molar-refractivity contribution in [3.63, 3.8) is 0 Å². The number of benzene rings is 3. The summed E-state index contributed by atoms with van der Waals surface area (Å²) in [4.78, 5) is 12.9. The summed E-state index contributed by atoms with van der Waals surface area (Å²) >= 11 is 11.7. The van der Waals surface area contributed by atoms with E-state index in [1.165, 1.54) is 36.4 Å². The van der Waals surface area contributed by atoms with Crippen molar-refractivity contribution in [3.8, 4) is 11.5 Å². The van der Waals surface area contributed by atoms with Gasteiger partial charge in [0.2, 0.25) is 0 Å². The number of amides is 1. The van der Waals surface area contributed by atoms with E-state index < -0.39 is 22.5 Å². The van der Waals surface area contributed by atoms with E-state index in [0.29, 0.717) is 32.5 Å². The molecule has 3 aromatic rings. The minimum absolute atomic E-state index is 0.0781. The molecule has 0 aliphatic heterocycles. The maximum Gasteiger partial charge on any atom is 0.278 e. The highest BCUT2D eigenvalue weighted by Crippen LogP contribution is 2.27. The van der Waals surface area contributed by atoms with Gasteiger partial charge in [-0.3, -0.25) is 4.79 Å². The molecule has 0 aromatic heterocycles. The molecule has 0 aliphatic carbocycles. The lowest BCUT2D eigenvalue weighted by molar-refractivity contribution is -0.119. The van der Waals surface area contributed by atoms with E-state index in [2.05, 4.69) is 0 Å². The van der Waals surface area contributed by atoms with Crippen LogP contribution in [0.5, 0.6) is 11.5 Å². The van der Waals surface area contributed by atoms with Crippen LogP contribution in [0.1, 0.15) is 6.92 Å². The van der Waals surface area contributed by atoms with Crippen LogP contribution in [0.4, 0.5) is 5.69 Å². The molecule has 0 heterocycles. The molecule has 162 valence electrons. The molecule has 1 amide bonds. The lowest BCUT2D eigenvalue weighted by Crippen LogP contribution is -2.40. The second kappa shape index (κ2) is 10.0. The number of rotatable bonds is 8. The molecule has 0 atom stereocenters. The summed E-state index contributed by atoms with van der Waals surface area (Å²) in [6, 6.07) is 18.1. The third kappa shape index (κ3) is 5.70. The first-order valence-corrected chi connectivity index (χ1v) is 11.5. The Morgan fingerprint density at radius 1 is 0.806 bits per heavy atom. The van der Waals surface area contributed by atoms with Crippen molar-refractivity contribution in [1.82, 2.24) is 0 Å². The van der Waals surface area contributed by atoms with Gasteiger partial charge in [0.1, 0.15) is 11.5 Å². The van der Waals surface area contributed by atoms with E-state index in [1.807, 2.05) is 6.92 Å². The van der Waals surface area contributed by atoms with Crippen molar-refractivity contribution in [3.05, 3.63) is 82.8 Å². The summed E-state index contributed by atoms with van der Waals surface area (Å²) in [5.41, 5.74) is 0.156. The summed E-state index contributed by atoms with van der Waals surface area (Å²) in [5.74, 6) is 0.169. The monoisotopic (exact) mass is 479 g/mol. The molecule has 6 nitrogen and oxygen atoms in total. The van der Waals surface area contributed by atoms with Crippen molar-refractivity contribution >= 4 is 44.8 Å². The molecule has 0 unspecified atom stereocenters. The first-order valence-electron chi connectivity index (χ1n) is 9.26. The number of halogens is 2. The number of carbonyl (C=O) groups is 1. The van der Waals surface area contributed by atoms with Gasteiger partial charge in [0.25, 0.3) is 15.9 Å². The molecule has 31 heavy (non-hydrogen) atoms. The van der Waals surface area contributed by atoms with E-state index in [0.717, 1.165) is 0 Å². The van der Waals surface area contributed by atoms with Crippen molar-refractivity contribution in [1.29, 1.82) is 0 Å². The maximum absolute atomic E-state index is 13.3. The predicted octanol–water partition coefficient (Wildman–Crippen LogP) is 5.19. The summed E-state index contributed by atoms with van der Waals surface area (Å²) in [5, 5.41) is 0.893. The third-order valence-corrected chi connectivity index (χ3v) is 6.40. The summed E-state index contributed by atoms with van der Waals surface area (Å²) < 4.78 is 38.2. The van der Waals surface area contributed by atoms with Gasteiger partial charge < -0.3 is 9.47 Å². The quantitative estimate of drug-likeness (QED) is 0.444. The molecule has 0 saturated carbocycles. The van der Waals surface area contributed by atoms with Crippen LogP contribution in [0.15, 0.2) is 77.7 Å². The van der Waals surface area contributed by atoms with Crippen LogP contribution in [-0.2, 0) is 14.8 Å². The topological polar surface area (TPSA) is 72.9 Å². The van der Waals surface area contributed by atoms with Gasteiger partial charge in [-0.15, -0.1) is 0 Å². The first kappa shape index (κ1) is 22.9. The standard InChI is InChI=1S/C22H19Cl2NO5S/c1-2-29-19-11-7-18(8-12-19)25(31(27,28)21-13-5-17(24)6-14-21)22(26)15-30-20-9-3-16(23)4-10-20/h3-14H,2,15H2,1H3. The van der Waals surface area contributed by atoms with Gasteiger partial charge in [0, 0.05) is 10.0 Å². The van der Waals surface area contributed by atoms with Gasteiger partial charge in [0.15, 0.2) is 6.61 Å². The fraction of sp³-hybridized carbons (Fsp3) is 0.136. The molecule has 3 rings (SSSR count). The van der Waals surface area contributed by atoms with Crippen LogP contribution in [0.25, 0.3) is 0 Å². The molecular weight excluding hydrogens is 461 g/mol. The van der Waals surface area contributed by atoms with Gasteiger partial charge in [-0.1, -0.05) is 23.2 Å². The molecular formula is C22H19Cl2NO5S. The number of nitrogens with zero attached hydrogens (tertiary/aromatic N) is 1. The van der Waals surface area contributed by atoms with E-state index in [1.54, 1.807) is 36.4 Å². The molecule has 0 radical (unpaired) electrons. The second-order valence-corrected chi connectivity index (χ2v) is 8.95. The molecule has 0 aliphatic rings. The van der Waals surface area contributed by atoms with Crippen molar-refractivity contribution in [2.24, 2.45) is 0 Å². The number of anilines is 1. The first-order chi connectivity index (χ1) is 14.8. The SMILES string of the molecule is CCOc1ccc(N(C(=O)COc2ccc(Cl)cc2)S(=O)(=O)c2ccc(Cl)cc2)cc1. The van der Waals surface area contributed by atoms with Crippen molar-refractivity contribution in [2.75, 3.05) is 17.5 Å². The average Bonchev–Trinajstić information content (AvgIpc) is 2.75. The van der Waals surface area contributed by atoms with Gasteiger partial charge in [-0.2, -0.15) is 4.31 Å². The highest BCUT2D eigenvalue weighted by molar-refractivity contribution is 7.93. The minimum Gasteiger partial charge on any atom is -0.494 e. The fourth-order valence-electron chi connectivity index (χ4n) is 2.71. The summed E-state index contributed by atoms with van der Waals surface area (Å²) in [6.45, 7) is 1.80. The average molecular weight is 480 g/mol. The van der Waals surface area contributed by atoms with E-state index in [4.69, 9.17) is 32.7 Å². The second-order valence-electron chi connectivity index (χ2n) is 6.29. The van der Waals surface area contributed by atoms with Crippen molar-refractivity contribution < 1.29 is 22.7 Å². The molecule has 0 bridgehead atoms. The molecule has 0 saturated heterocycles. The minimum atomic E-state index is -4.22. The van der Waals surface area contributed by atoms with Gasteiger partial charge in [-0.05, 0) is 79.7 Å². The number of carbonyl (C=O) groups excluding carboxylic acids is 1. The Morgan fingerprint density at radius 2 is 1.29 bits per heavy atom. The Balaban J connectivity index is 1.93. The lowest BCUT2D eigenvalue weighted by atomic mass is 10.3. The smallest absolute Gasteiger partial charge is 0.278 e. The summed E-state index contributed by atoms with van der Waals surface area (Å²) in [6.07, 6.45) is 0. The van der Waals surface area contributed by atoms with Crippen molar-refractivity contribution in [2.45, 2.75) is 11.8 Å². The highest BCUT2D eigenvalue weighted by Gasteiger charge is 2.31. The van der Waals surface area contributed by atoms with Crippen LogP contribution in [0, 0.1) is 0 Å². The third-order valence-electron chi connectivity index (χ3n) is 4.14. The number of hydrogen-bond donors (Lipinski definition) is 0.